The van der Waals surface area contributed by atoms with Gasteiger partial charge in [-0.3, -0.25) is 4.99 Å². The largest absolute Gasteiger partial charge is 0.290 e. The molecule has 1 aromatic carbocycles. The SMILES string of the molecule is Cc1ccc(C=NCC(Br)(Br)CBr)cc1. The van der Waals surface area contributed by atoms with Crippen LogP contribution in [0, 0.1) is 6.92 Å². The highest BCUT2D eigenvalue weighted by molar-refractivity contribution is 9.26. The summed E-state index contributed by atoms with van der Waals surface area (Å²) in [6.07, 6.45) is 1.89. The van der Waals surface area contributed by atoms with E-state index in [1.807, 2.05) is 6.21 Å². The number of aliphatic imine (C=N–C) groups is 1. The Balaban J connectivity index is 2.55. The summed E-state index contributed by atoms with van der Waals surface area (Å²) in [5.41, 5.74) is 2.40. The smallest absolute Gasteiger partial charge is 0.109 e. The minimum Gasteiger partial charge on any atom is -0.290 e. The van der Waals surface area contributed by atoms with Gasteiger partial charge in [-0.2, -0.15) is 0 Å². The zero-order valence-corrected chi connectivity index (χ0v) is 13.1. The third-order valence-corrected chi connectivity index (χ3v) is 5.36. The third kappa shape index (κ3) is 5.27. The average molecular weight is 398 g/mol. The van der Waals surface area contributed by atoms with Crippen molar-refractivity contribution in [3.05, 3.63) is 35.4 Å². The van der Waals surface area contributed by atoms with Crippen molar-refractivity contribution in [3.8, 4) is 0 Å². The van der Waals surface area contributed by atoms with Crippen LogP contribution in [0.4, 0.5) is 0 Å². The topological polar surface area (TPSA) is 12.4 Å². The molecule has 1 rings (SSSR count). The normalized spacial score (nSPS) is 12.3. The maximum atomic E-state index is 4.37. The van der Waals surface area contributed by atoms with Gasteiger partial charge < -0.3 is 0 Å². The van der Waals surface area contributed by atoms with Crippen LogP contribution in [0.3, 0.4) is 0 Å². The molecule has 0 amide bonds. The molecule has 4 heteroatoms. The molecular formula is C11H12Br3N. The van der Waals surface area contributed by atoms with E-state index in [-0.39, 0.29) is 3.23 Å². The van der Waals surface area contributed by atoms with Gasteiger partial charge in [0.15, 0.2) is 0 Å². The molecule has 0 aliphatic rings. The first kappa shape index (κ1) is 13.4. The lowest BCUT2D eigenvalue weighted by Gasteiger charge is -2.12. The van der Waals surface area contributed by atoms with E-state index in [0.29, 0.717) is 6.54 Å². The average Bonchev–Trinajstić information content (AvgIpc) is 2.21. The summed E-state index contributed by atoms with van der Waals surface area (Å²) in [6.45, 7) is 2.76. The standard InChI is InChI=1S/C11H12Br3N/c1-9-2-4-10(5-3-9)6-15-8-11(13,14)7-12/h2-6H,7-8H2,1H3. The number of aryl methyl sites for hydroxylation is 1. The van der Waals surface area contributed by atoms with Gasteiger partial charge in [0.2, 0.25) is 0 Å². The minimum absolute atomic E-state index is 0.138. The number of alkyl halides is 3. The summed E-state index contributed by atoms with van der Waals surface area (Å²) in [7, 11) is 0. The minimum atomic E-state index is -0.138. The Labute approximate surface area is 116 Å². The number of rotatable bonds is 4. The van der Waals surface area contributed by atoms with Crippen LogP contribution in [0.15, 0.2) is 29.3 Å². The second kappa shape index (κ2) is 6.16. The highest BCUT2D eigenvalue weighted by Crippen LogP contribution is 2.28. The molecule has 0 unspecified atom stereocenters. The molecule has 0 N–H and O–H groups in total. The number of halogens is 3. The van der Waals surface area contributed by atoms with Crippen LogP contribution in [-0.4, -0.2) is 21.3 Å². The molecule has 1 nitrogen and oxygen atoms in total. The number of benzene rings is 1. The number of nitrogens with zero attached hydrogens (tertiary/aromatic N) is 1. The van der Waals surface area contributed by atoms with Gasteiger partial charge in [0.25, 0.3) is 0 Å². The molecule has 0 fully saturated rings. The highest BCUT2D eigenvalue weighted by Gasteiger charge is 2.19. The molecule has 0 saturated heterocycles. The Bertz CT molecular complexity index is 330. The van der Waals surface area contributed by atoms with Gasteiger partial charge in [0.05, 0.1) is 6.54 Å². The molecule has 0 atom stereocenters. The summed E-state index contributed by atoms with van der Waals surface area (Å²) in [5, 5.41) is 0.811. The zero-order valence-electron chi connectivity index (χ0n) is 8.38. The van der Waals surface area contributed by atoms with Crippen molar-refractivity contribution in [3.63, 3.8) is 0 Å². The third-order valence-electron chi connectivity index (χ3n) is 1.84. The lowest BCUT2D eigenvalue weighted by atomic mass is 10.2. The summed E-state index contributed by atoms with van der Waals surface area (Å²) >= 11 is 10.4. The fourth-order valence-corrected chi connectivity index (χ4v) is 1.45. The predicted molar refractivity (Wildman–Crippen MR) is 78.0 cm³/mol. The van der Waals surface area contributed by atoms with Gasteiger partial charge >= 0.3 is 0 Å². The van der Waals surface area contributed by atoms with Gasteiger partial charge in [-0.25, -0.2) is 0 Å². The van der Waals surface area contributed by atoms with Gasteiger partial charge in [-0.15, -0.1) is 0 Å². The fourth-order valence-electron chi connectivity index (χ4n) is 0.979. The monoisotopic (exact) mass is 395 g/mol. The number of hydrogen-bond donors (Lipinski definition) is 0. The van der Waals surface area contributed by atoms with Crippen molar-refractivity contribution in [2.45, 2.75) is 10.2 Å². The fraction of sp³-hybridized carbons (Fsp3) is 0.364. The van der Waals surface area contributed by atoms with E-state index in [9.17, 15) is 0 Å². The van der Waals surface area contributed by atoms with Gasteiger partial charge in [0, 0.05) is 11.5 Å². The van der Waals surface area contributed by atoms with Crippen LogP contribution in [0.2, 0.25) is 0 Å². The van der Waals surface area contributed by atoms with Crippen molar-refractivity contribution in [1.82, 2.24) is 0 Å². The van der Waals surface area contributed by atoms with Gasteiger partial charge in [-0.05, 0) is 12.5 Å². The Morgan fingerprint density at radius 3 is 2.40 bits per heavy atom. The molecule has 0 heterocycles. The van der Waals surface area contributed by atoms with Crippen molar-refractivity contribution in [2.24, 2.45) is 4.99 Å². The molecule has 0 spiro atoms. The molecule has 82 valence electrons. The zero-order chi connectivity index (χ0) is 11.3. The van der Waals surface area contributed by atoms with Crippen LogP contribution in [0.1, 0.15) is 11.1 Å². The van der Waals surface area contributed by atoms with E-state index < -0.39 is 0 Å². The van der Waals surface area contributed by atoms with Gasteiger partial charge in [0.1, 0.15) is 3.23 Å². The van der Waals surface area contributed by atoms with Crippen molar-refractivity contribution >= 4 is 54.0 Å². The van der Waals surface area contributed by atoms with E-state index in [1.54, 1.807) is 0 Å². The first-order chi connectivity index (χ1) is 7.03. The Hall–Kier alpha value is 0.330. The highest BCUT2D eigenvalue weighted by atomic mass is 79.9. The maximum Gasteiger partial charge on any atom is 0.109 e. The van der Waals surface area contributed by atoms with E-state index in [4.69, 9.17) is 0 Å². The summed E-state index contributed by atoms with van der Waals surface area (Å²) in [5.74, 6) is 0. The Morgan fingerprint density at radius 2 is 1.87 bits per heavy atom. The molecule has 15 heavy (non-hydrogen) atoms. The van der Waals surface area contributed by atoms with Crippen molar-refractivity contribution < 1.29 is 0 Å². The Kier molecular flexibility index (Phi) is 5.50. The molecule has 0 aliphatic heterocycles. The second-order valence-electron chi connectivity index (χ2n) is 3.37. The van der Waals surface area contributed by atoms with Gasteiger partial charge in [-0.1, -0.05) is 77.6 Å². The molecule has 0 aliphatic carbocycles. The molecule has 0 saturated carbocycles. The number of hydrogen-bond acceptors (Lipinski definition) is 1. The lowest BCUT2D eigenvalue weighted by Crippen LogP contribution is -2.17. The molecule has 1 aromatic rings. The van der Waals surface area contributed by atoms with E-state index >= 15 is 0 Å². The van der Waals surface area contributed by atoms with Crippen molar-refractivity contribution in [2.75, 3.05) is 11.9 Å². The molecule has 0 bridgehead atoms. The molecule has 0 radical (unpaired) electrons. The van der Waals surface area contributed by atoms with Crippen molar-refractivity contribution in [1.29, 1.82) is 0 Å². The quantitative estimate of drug-likeness (QED) is 0.530. The molecule has 0 aromatic heterocycles. The maximum absolute atomic E-state index is 4.37. The van der Waals surface area contributed by atoms with Crippen LogP contribution >= 0.6 is 47.8 Å². The lowest BCUT2D eigenvalue weighted by molar-refractivity contribution is 0.946. The molecular weight excluding hydrogens is 386 g/mol. The summed E-state index contributed by atoms with van der Waals surface area (Å²) in [4.78, 5) is 4.37. The van der Waals surface area contributed by atoms with E-state index in [2.05, 4.69) is 84.0 Å². The Morgan fingerprint density at radius 1 is 1.27 bits per heavy atom. The second-order valence-corrected chi connectivity index (χ2v) is 8.03. The van der Waals surface area contributed by atoms with Crippen LogP contribution < -0.4 is 0 Å². The van der Waals surface area contributed by atoms with Crippen LogP contribution in [-0.2, 0) is 0 Å². The first-order valence-electron chi connectivity index (χ1n) is 4.54. The van der Waals surface area contributed by atoms with E-state index in [0.717, 1.165) is 10.9 Å². The van der Waals surface area contributed by atoms with E-state index in [1.165, 1.54) is 5.56 Å². The summed E-state index contributed by atoms with van der Waals surface area (Å²) in [6, 6.07) is 8.30. The van der Waals surface area contributed by atoms with Crippen LogP contribution in [0.25, 0.3) is 0 Å². The summed E-state index contributed by atoms with van der Waals surface area (Å²) < 4.78 is -0.138. The predicted octanol–water partition coefficient (Wildman–Crippen LogP) is 4.29. The first-order valence-corrected chi connectivity index (χ1v) is 7.24. The van der Waals surface area contributed by atoms with Crippen LogP contribution in [0.5, 0.6) is 0 Å².